The maximum absolute atomic E-state index is 12.4. The molecule has 0 bridgehead atoms. The molecule has 0 unspecified atom stereocenters. The van der Waals surface area contributed by atoms with Gasteiger partial charge in [-0.25, -0.2) is 4.98 Å². The van der Waals surface area contributed by atoms with Crippen LogP contribution >= 0.6 is 27.5 Å². The highest BCUT2D eigenvalue weighted by atomic mass is 79.9. The van der Waals surface area contributed by atoms with Gasteiger partial charge in [-0.3, -0.25) is 4.79 Å². The van der Waals surface area contributed by atoms with Crippen LogP contribution in [0.1, 0.15) is 10.4 Å². The number of hydrogen-bond donors (Lipinski definition) is 1. The van der Waals surface area contributed by atoms with Crippen LogP contribution in [0.25, 0.3) is 22.6 Å². The number of hydrogen-bond acceptors (Lipinski definition) is 3. The van der Waals surface area contributed by atoms with E-state index in [0.717, 1.165) is 10.0 Å². The Bertz CT molecular complexity index is 1110. The first-order valence-corrected chi connectivity index (χ1v) is 8.99. The number of aromatic nitrogens is 1. The van der Waals surface area contributed by atoms with Crippen molar-refractivity contribution in [3.8, 4) is 11.5 Å². The molecule has 4 rings (SSSR count). The number of anilines is 1. The molecular weight excluding hydrogens is 416 g/mol. The molecule has 0 aliphatic heterocycles. The average Bonchev–Trinajstić information content (AvgIpc) is 3.05. The zero-order valence-corrected chi connectivity index (χ0v) is 15.7. The van der Waals surface area contributed by atoms with Crippen LogP contribution in [-0.4, -0.2) is 10.9 Å². The molecule has 6 heteroatoms. The second kappa shape index (κ2) is 6.94. The van der Waals surface area contributed by atoms with Crippen molar-refractivity contribution in [3.63, 3.8) is 0 Å². The predicted octanol–water partition coefficient (Wildman–Crippen LogP) is 6.16. The fourth-order valence-electron chi connectivity index (χ4n) is 2.55. The van der Waals surface area contributed by atoms with Crippen molar-refractivity contribution in [2.24, 2.45) is 0 Å². The Balaban J connectivity index is 1.61. The number of fused-ring (bicyclic) bond motifs is 1. The third-order valence-corrected chi connectivity index (χ3v) is 4.57. The van der Waals surface area contributed by atoms with E-state index in [-0.39, 0.29) is 5.91 Å². The van der Waals surface area contributed by atoms with Gasteiger partial charge in [0.2, 0.25) is 5.89 Å². The molecule has 0 aliphatic rings. The van der Waals surface area contributed by atoms with Crippen LogP contribution < -0.4 is 5.32 Å². The number of benzene rings is 3. The Kier molecular flexibility index (Phi) is 4.49. The summed E-state index contributed by atoms with van der Waals surface area (Å²) in [6.45, 7) is 0. The lowest BCUT2D eigenvalue weighted by Gasteiger charge is -2.05. The fraction of sp³-hybridized carbons (Fsp3) is 0. The van der Waals surface area contributed by atoms with E-state index in [1.165, 1.54) is 0 Å². The molecule has 128 valence electrons. The van der Waals surface area contributed by atoms with Gasteiger partial charge in [-0.15, -0.1) is 0 Å². The van der Waals surface area contributed by atoms with Crippen molar-refractivity contribution >= 4 is 50.2 Å². The second-order valence-electron chi connectivity index (χ2n) is 5.67. The van der Waals surface area contributed by atoms with Crippen LogP contribution in [0.4, 0.5) is 5.69 Å². The molecule has 3 aromatic carbocycles. The minimum atomic E-state index is -0.188. The maximum Gasteiger partial charge on any atom is 0.255 e. The minimum absolute atomic E-state index is 0.188. The molecule has 0 aliphatic carbocycles. The van der Waals surface area contributed by atoms with Gasteiger partial charge in [0.1, 0.15) is 5.52 Å². The molecule has 4 nitrogen and oxygen atoms in total. The predicted molar refractivity (Wildman–Crippen MR) is 107 cm³/mol. The largest absolute Gasteiger partial charge is 0.436 e. The van der Waals surface area contributed by atoms with Gasteiger partial charge in [-0.2, -0.15) is 0 Å². The standard InChI is InChI=1S/C20H12BrClN2O2/c21-14-3-1-2-13(10-14)19(25)23-16-8-9-18-17(11-16)24-20(26-18)12-4-6-15(22)7-5-12/h1-11H,(H,23,25). The summed E-state index contributed by atoms with van der Waals surface area (Å²) in [7, 11) is 0. The van der Waals surface area contributed by atoms with Crippen molar-refractivity contribution in [1.82, 2.24) is 4.98 Å². The normalized spacial score (nSPS) is 10.8. The number of nitrogens with zero attached hydrogens (tertiary/aromatic N) is 1. The van der Waals surface area contributed by atoms with Crippen LogP contribution in [0.2, 0.25) is 5.02 Å². The Morgan fingerprint density at radius 2 is 1.85 bits per heavy atom. The minimum Gasteiger partial charge on any atom is -0.436 e. The van der Waals surface area contributed by atoms with Gasteiger partial charge in [-0.05, 0) is 60.7 Å². The van der Waals surface area contributed by atoms with E-state index in [0.29, 0.717) is 33.3 Å². The van der Waals surface area contributed by atoms with E-state index in [9.17, 15) is 4.79 Å². The van der Waals surface area contributed by atoms with E-state index in [4.69, 9.17) is 16.0 Å². The molecule has 0 fully saturated rings. The number of carbonyl (C=O) groups is 1. The number of halogens is 2. The third-order valence-electron chi connectivity index (χ3n) is 3.82. The summed E-state index contributed by atoms with van der Waals surface area (Å²) in [5.74, 6) is 0.319. The summed E-state index contributed by atoms with van der Waals surface area (Å²) in [5.41, 5.74) is 3.38. The summed E-state index contributed by atoms with van der Waals surface area (Å²) >= 11 is 9.28. The van der Waals surface area contributed by atoms with Gasteiger partial charge >= 0.3 is 0 Å². The zero-order chi connectivity index (χ0) is 18.1. The van der Waals surface area contributed by atoms with Gasteiger partial charge < -0.3 is 9.73 Å². The van der Waals surface area contributed by atoms with Crippen LogP contribution in [0.5, 0.6) is 0 Å². The fourth-order valence-corrected chi connectivity index (χ4v) is 3.08. The Morgan fingerprint density at radius 1 is 1.04 bits per heavy atom. The molecule has 0 saturated carbocycles. The van der Waals surface area contributed by atoms with E-state index in [1.807, 2.05) is 24.3 Å². The first-order valence-electron chi connectivity index (χ1n) is 7.82. The van der Waals surface area contributed by atoms with Crippen LogP contribution in [0.3, 0.4) is 0 Å². The number of oxazole rings is 1. The summed E-state index contributed by atoms with van der Waals surface area (Å²) in [6, 6.07) is 19.9. The number of nitrogens with one attached hydrogen (secondary N) is 1. The third kappa shape index (κ3) is 3.49. The lowest BCUT2D eigenvalue weighted by atomic mass is 10.2. The molecule has 0 radical (unpaired) electrons. The van der Waals surface area contributed by atoms with E-state index in [2.05, 4.69) is 26.2 Å². The molecule has 1 heterocycles. The molecule has 1 N–H and O–H groups in total. The van der Waals surface area contributed by atoms with Crippen molar-refractivity contribution in [3.05, 3.63) is 81.8 Å². The molecular formula is C20H12BrClN2O2. The first-order chi connectivity index (χ1) is 12.6. The van der Waals surface area contributed by atoms with Gasteiger partial charge in [0.15, 0.2) is 5.58 Å². The first kappa shape index (κ1) is 16.8. The topological polar surface area (TPSA) is 55.1 Å². The molecule has 0 spiro atoms. The van der Waals surface area contributed by atoms with Crippen LogP contribution in [0, 0.1) is 0 Å². The highest BCUT2D eigenvalue weighted by Gasteiger charge is 2.11. The van der Waals surface area contributed by atoms with Crippen molar-refractivity contribution in [2.75, 3.05) is 5.32 Å². The van der Waals surface area contributed by atoms with Crippen molar-refractivity contribution in [1.29, 1.82) is 0 Å². The average molecular weight is 428 g/mol. The second-order valence-corrected chi connectivity index (χ2v) is 7.02. The smallest absolute Gasteiger partial charge is 0.255 e. The van der Waals surface area contributed by atoms with Crippen molar-refractivity contribution < 1.29 is 9.21 Å². The SMILES string of the molecule is O=C(Nc1ccc2oc(-c3ccc(Cl)cc3)nc2c1)c1cccc(Br)c1. The van der Waals surface area contributed by atoms with Crippen molar-refractivity contribution in [2.45, 2.75) is 0 Å². The Morgan fingerprint density at radius 3 is 2.62 bits per heavy atom. The molecule has 4 aromatic rings. The van der Waals surface area contributed by atoms with E-state index >= 15 is 0 Å². The summed E-state index contributed by atoms with van der Waals surface area (Å²) < 4.78 is 6.63. The van der Waals surface area contributed by atoms with Crippen LogP contribution in [0.15, 0.2) is 75.6 Å². The van der Waals surface area contributed by atoms with E-state index in [1.54, 1.807) is 42.5 Å². The molecule has 26 heavy (non-hydrogen) atoms. The molecule has 1 aromatic heterocycles. The number of amides is 1. The Hall–Kier alpha value is -2.63. The lowest BCUT2D eigenvalue weighted by Crippen LogP contribution is -2.11. The van der Waals surface area contributed by atoms with Crippen LogP contribution in [-0.2, 0) is 0 Å². The summed E-state index contributed by atoms with van der Waals surface area (Å²) in [6.07, 6.45) is 0. The quantitative estimate of drug-likeness (QED) is 0.426. The van der Waals surface area contributed by atoms with Gasteiger partial charge in [0.05, 0.1) is 0 Å². The highest BCUT2D eigenvalue weighted by molar-refractivity contribution is 9.10. The number of carbonyl (C=O) groups excluding carboxylic acids is 1. The molecule has 1 amide bonds. The molecule has 0 saturated heterocycles. The lowest BCUT2D eigenvalue weighted by molar-refractivity contribution is 0.102. The zero-order valence-electron chi connectivity index (χ0n) is 13.4. The number of rotatable bonds is 3. The van der Waals surface area contributed by atoms with Gasteiger partial charge in [0, 0.05) is 26.3 Å². The molecule has 0 atom stereocenters. The summed E-state index contributed by atoms with van der Waals surface area (Å²) in [5, 5.41) is 3.53. The summed E-state index contributed by atoms with van der Waals surface area (Å²) in [4.78, 5) is 16.9. The van der Waals surface area contributed by atoms with Gasteiger partial charge in [0.25, 0.3) is 5.91 Å². The van der Waals surface area contributed by atoms with E-state index < -0.39 is 0 Å². The monoisotopic (exact) mass is 426 g/mol. The Labute approximate surface area is 162 Å². The van der Waals surface area contributed by atoms with Gasteiger partial charge in [-0.1, -0.05) is 33.6 Å². The maximum atomic E-state index is 12.4. The highest BCUT2D eigenvalue weighted by Crippen LogP contribution is 2.27.